The molecular weight excluding hydrogens is 400 g/mol. The first-order valence-electron chi connectivity index (χ1n) is 9.85. The smallest absolute Gasteiger partial charge is 0.325 e. The highest BCUT2D eigenvalue weighted by Gasteiger charge is 2.30. The van der Waals surface area contributed by atoms with E-state index in [0.29, 0.717) is 16.4 Å². The van der Waals surface area contributed by atoms with E-state index in [1.165, 1.54) is 16.7 Å². The van der Waals surface area contributed by atoms with Gasteiger partial charge in [-0.1, -0.05) is 30.0 Å². The Morgan fingerprint density at radius 3 is 2.80 bits per heavy atom. The van der Waals surface area contributed by atoms with Crippen LogP contribution in [0.15, 0.2) is 53.7 Å². The summed E-state index contributed by atoms with van der Waals surface area (Å²) in [4.78, 5) is 35.8. The molecule has 3 rings (SSSR count). The third kappa shape index (κ3) is 5.38. The van der Waals surface area contributed by atoms with Gasteiger partial charge < -0.3 is 15.4 Å². The molecule has 30 heavy (non-hydrogen) atoms. The Balaban J connectivity index is 1.88. The first-order valence-corrected chi connectivity index (χ1v) is 10.8. The second kappa shape index (κ2) is 9.75. The van der Waals surface area contributed by atoms with Crippen molar-refractivity contribution in [3.05, 3.63) is 65.5 Å². The molecule has 0 radical (unpaired) electrons. The first-order chi connectivity index (χ1) is 14.4. The number of amidine groups is 1. The fourth-order valence-electron chi connectivity index (χ4n) is 3.31. The van der Waals surface area contributed by atoms with Crippen molar-refractivity contribution in [1.29, 1.82) is 0 Å². The van der Waals surface area contributed by atoms with Crippen LogP contribution in [0, 0.1) is 0 Å². The molecule has 1 aliphatic heterocycles. The number of nitrogens with two attached hydrogens (primary N) is 1. The lowest BCUT2D eigenvalue weighted by atomic mass is 9.88. The fraction of sp³-hybridized carbons (Fsp3) is 0.364. The number of benzene rings is 1. The topological polar surface area (TPSA) is 97.9 Å². The van der Waals surface area contributed by atoms with Crippen molar-refractivity contribution in [3.8, 4) is 0 Å². The summed E-state index contributed by atoms with van der Waals surface area (Å²) in [7, 11) is 0. The quantitative estimate of drug-likeness (QED) is 0.684. The van der Waals surface area contributed by atoms with E-state index in [0.717, 1.165) is 17.7 Å². The summed E-state index contributed by atoms with van der Waals surface area (Å²) in [6.45, 7) is 4.08. The summed E-state index contributed by atoms with van der Waals surface area (Å²) in [6, 6.07) is 12.9. The minimum Gasteiger partial charge on any atom is -0.465 e. The zero-order chi connectivity index (χ0) is 21.6. The molecule has 0 aliphatic carbocycles. The zero-order valence-corrected chi connectivity index (χ0v) is 18.0. The third-order valence-electron chi connectivity index (χ3n) is 4.92. The zero-order valence-electron chi connectivity index (χ0n) is 17.2. The van der Waals surface area contributed by atoms with Crippen molar-refractivity contribution in [2.24, 2.45) is 10.7 Å². The van der Waals surface area contributed by atoms with Crippen LogP contribution in [0.1, 0.15) is 41.9 Å². The van der Waals surface area contributed by atoms with E-state index in [4.69, 9.17) is 10.5 Å². The van der Waals surface area contributed by atoms with Crippen LogP contribution in [0.4, 0.5) is 0 Å². The van der Waals surface area contributed by atoms with Crippen LogP contribution in [-0.2, 0) is 21.6 Å². The number of rotatable bonds is 7. The molecule has 1 aromatic heterocycles. The lowest BCUT2D eigenvalue weighted by molar-refractivity contribution is -0.143. The number of thioether (sulfide) groups is 1. The number of aromatic nitrogens is 1. The number of pyridine rings is 1. The summed E-state index contributed by atoms with van der Waals surface area (Å²) in [6.07, 6.45) is 2.49. The second-order valence-corrected chi connectivity index (χ2v) is 8.31. The van der Waals surface area contributed by atoms with Gasteiger partial charge in [-0.2, -0.15) is 0 Å². The molecule has 1 aromatic carbocycles. The number of carbonyl (C=O) groups excluding carboxylic acids is 2. The van der Waals surface area contributed by atoms with Crippen LogP contribution >= 0.6 is 11.8 Å². The molecule has 0 saturated carbocycles. The number of nitrogens with zero attached hydrogens (tertiary/aromatic N) is 3. The summed E-state index contributed by atoms with van der Waals surface area (Å²) in [5.41, 5.74) is 7.57. The van der Waals surface area contributed by atoms with Gasteiger partial charge in [0.05, 0.1) is 24.4 Å². The van der Waals surface area contributed by atoms with Gasteiger partial charge >= 0.3 is 5.97 Å². The Bertz CT molecular complexity index is 935. The largest absolute Gasteiger partial charge is 0.465 e. The molecule has 2 N–H and O–H groups in total. The van der Waals surface area contributed by atoms with Crippen LogP contribution in [-0.4, -0.2) is 45.8 Å². The lowest BCUT2D eigenvalue weighted by Crippen LogP contribution is -2.36. The predicted octanol–water partition coefficient (Wildman–Crippen LogP) is 2.95. The Labute approximate surface area is 180 Å². The monoisotopic (exact) mass is 426 g/mol. The minimum atomic E-state index is -0.474. The van der Waals surface area contributed by atoms with E-state index in [9.17, 15) is 9.59 Å². The van der Waals surface area contributed by atoms with Gasteiger partial charge in [-0.15, -0.1) is 0 Å². The maximum atomic E-state index is 13.3. The number of amides is 1. The van der Waals surface area contributed by atoms with Gasteiger partial charge in [0.1, 0.15) is 6.54 Å². The van der Waals surface area contributed by atoms with Gasteiger partial charge in [-0.3, -0.25) is 19.6 Å². The Kier molecular flexibility index (Phi) is 7.10. The first kappa shape index (κ1) is 21.8. The van der Waals surface area contributed by atoms with E-state index >= 15 is 0 Å². The van der Waals surface area contributed by atoms with E-state index < -0.39 is 11.5 Å². The summed E-state index contributed by atoms with van der Waals surface area (Å²) >= 11 is 1.54. The summed E-state index contributed by atoms with van der Waals surface area (Å²) in [5.74, 6) is 0.159. The minimum absolute atomic E-state index is 0.146. The van der Waals surface area contributed by atoms with Gasteiger partial charge in [0.2, 0.25) is 0 Å². The highest BCUT2D eigenvalue weighted by Crippen LogP contribution is 2.35. The van der Waals surface area contributed by atoms with Crippen molar-refractivity contribution >= 4 is 28.8 Å². The standard InChI is InChI=1S/C22H26N4O3S/c1-3-29-19(27)15-26(14-18-9-4-5-11-24-18)20(28)16-7-6-8-17(13-16)22(2)10-12-30-21(23)25-22/h4-9,11,13H,3,10,12,14-15H2,1-2H3,(H2,23,25). The molecule has 1 atom stereocenters. The van der Waals surface area contributed by atoms with E-state index in [1.54, 1.807) is 25.3 Å². The molecule has 1 unspecified atom stereocenters. The Morgan fingerprint density at radius 1 is 1.27 bits per heavy atom. The maximum absolute atomic E-state index is 13.3. The number of hydrogen-bond donors (Lipinski definition) is 1. The third-order valence-corrected chi connectivity index (χ3v) is 5.71. The van der Waals surface area contributed by atoms with E-state index in [2.05, 4.69) is 9.98 Å². The van der Waals surface area contributed by atoms with Crippen LogP contribution < -0.4 is 5.73 Å². The highest BCUT2D eigenvalue weighted by atomic mass is 32.2. The van der Waals surface area contributed by atoms with Gasteiger partial charge in [-0.05, 0) is 50.1 Å². The van der Waals surface area contributed by atoms with Crippen molar-refractivity contribution < 1.29 is 14.3 Å². The molecule has 158 valence electrons. The molecule has 1 amide bonds. The van der Waals surface area contributed by atoms with Crippen molar-refractivity contribution in [1.82, 2.24) is 9.88 Å². The van der Waals surface area contributed by atoms with Crippen molar-refractivity contribution in [3.63, 3.8) is 0 Å². The van der Waals surface area contributed by atoms with Crippen LogP contribution in [0.2, 0.25) is 0 Å². The summed E-state index contributed by atoms with van der Waals surface area (Å²) in [5, 5.41) is 0.555. The molecular formula is C22H26N4O3S. The number of hydrogen-bond acceptors (Lipinski definition) is 7. The highest BCUT2D eigenvalue weighted by molar-refractivity contribution is 8.13. The fourth-order valence-corrected chi connectivity index (χ4v) is 4.29. The molecule has 1 aliphatic rings. The van der Waals surface area contributed by atoms with Crippen LogP contribution in [0.25, 0.3) is 0 Å². The molecule has 0 saturated heterocycles. The number of carbonyl (C=O) groups is 2. The molecule has 0 bridgehead atoms. The maximum Gasteiger partial charge on any atom is 0.325 e. The molecule has 2 heterocycles. The second-order valence-electron chi connectivity index (χ2n) is 7.19. The average Bonchev–Trinajstić information content (AvgIpc) is 2.74. The van der Waals surface area contributed by atoms with E-state index in [-0.39, 0.29) is 25.6 Å². The average molecular weight is 427 g/mol. The van der Waals surface area contributed by atoms with Gasteiger partial charge in [0, 0.05) is 17.5 Å². The molecule has 0 spiro atoms. The lowest BCUT2D eigenvalue weighted by Gasteiger charge is -2.30. The van der Waals surface area contributed by atoms with Crippen LogP contribution in [0.3, 0.4) is 0 Å². The van der Waals surface area contributed by atoms with Gasteiger partial charge in [0.15, 0.2) is 5.17 Å². The normalized spacial score (nSPS) is 18.4. The molecule has 8 heteroatoms. The summed E-state index contributed by atoms with van der Waals surface area (Å²) < 4.78 is 5.06. The molecule has 2 aromatic rings. The SMILES string of the molecule is CCOC(=O)CN(Cc1ccccn1)C(=O)c1cccc(C2(C)CCSC(N)=N2)c1. The van der Waals surface area contributed by atoms with E-state index in [1.807, 2.05) is 37.3 Å². The predicted molar refractivity (Wildman–Crippen MR) is 118 cm³/mol. The Morgan fingerprint density at radius 2 is 2.10 bits per heavy atom. The van der Waals surface area contributed by atoms with Crippen LogP contribution in [0.5, 0.6) is 0 Å². The van der Waals surface area contributed by atoms with Gasteiger partial charge in [-0.25, -0.2) is 0 Å². The number of aliphatic imine (C=N–C) groups is 1. The van der Waals surface area contributed by atoms with Crippen molar-refractivity contribution in [2.75, 3.05) is 18.9 Å². The van der Waals surface area contributed by atoms with Crippen molar-refractivity contribution in [2.45, 2.75) is 32.4 Å². The molecule has 7 nitrogen and oxygen atoms in total. The number of ether oxygens (including phenoxy) is 1. The van der Waals surface area contributed by atoms with Gasteiger partial charge in [0.25, 0.3) is 5.91 Å². The Hall–Kier alpha value is -2.87. The molecule has 0 fully saturated rings. The number of esters is 1.